The van der Waals surface area contributed by atoms with E-state index in [2.05, 4.69) is 47.2 Å². The first kappa shape index (κ1) is 17.0. The largest absolute Gasteiger partial charge is 0.398 e. The Balaban J connectivity index is 1.73. The van der Waals surface area contributed by atoms with E-state index >= 15 is 0 Å². The van der Waals surface area contributed by atoms with Gasteiger partial charge in [0.05, 0.1) is 11.9 Å². The second-order valence-electron chi connectivity index (χ2n) is 6.97. The average Bonchev–Trinajstić information content (AvgIpc) is 3.10. The lowest BCUT2D eigenvalue weighted by Gasteiger charge is -2.11. The van der Waals surface area contributed by atoms with Crippen molar-refractivity contribution in [1.29, 1.82) is 0 Å². The molecule has 3 heterocycles. The molecule has 0 aliphatic carbocycles. The van der Waals surface area contributed by atoms with Crippen LogP contribution in [0.15, 0.2) is 55.2 Å². The highest BCUT2D eigenvalue weighted by Gasteiger charge is 2.09. The number of pyridine rings is 2. The Morgan fingerprint density at radius 1 is 1.11 bits per heavy atom. The molecule has 0 aliphatic rings. The standard InChI is InChI=1S/C21H22N6/c1-13(2)27-12-17(9-25-27)26-21-8-16-6-15(7-20(22)19(16)11-24-21)18-10-23-5-4-14(18)3/h4-13H,22H2,1-3H3,(H,24,26). The zero-order valence-corrected chi connectivity index (χ0v) is 15.6. The third kappa shape index (κ3) is 3.33. The molecule has 4 aromatic rings. The maximum Gasteiger partial charge on any atom is 0.131 e. The normalized spacial score (nSPS) is 11.3. The van der Waals surface area contributed by atoms with E-state index in [1.807, 2.05) is 35.3 Å². The molecule has 27 heavy (non-hydrogen) atoms. The van der Waals surface area contributed by atoms with Gasteiger partial charge in [-0.2, -0.15) is 5.10 Å². The zero-order chi connectivity index (χ0) is 19.0. The van der Waals surface area contributed by atoms with Gasteiger partial charge in [-0.25, -0.2) is 4.98 Å². The molecule has 0 amide bonds. The molecule has 0 bridgehead atoms. The number of benzene rings is 1. The summed E-state index contributed by atoms with van der Waals surface area (Å²) in [7, 11) is 0. The van der Waals surface area contributed by atoms with Gasteiger partial charge in [0.1, 0.15) is 5.82 Å². The maximum absolute atomic E-state index is 6.29. The minimum atomic E-state index is 0.315. The van der Waals surface area contributed by atoms with E-state index in [1.165, 1.54) is 0 Å². The molecule has 0 saturated carbocycles. The van der Waals surface area contributed by atoms with E-state index in [4.69, 9.17) is 5.73 Å². The van der Waals surface area contributed by atoms with Gasteiger partial charge in [-0.15, -0.1) is 0 Å². The van der Waals surface area contributed by atoms with E-state index in [9.17, 15) is 0 Å². The molecule has 3 N–H and O–H groups in total. The van der Waals surface area contributed by atoms with Crippen LogP contribution < -0.4 is 11.1 Å². The summed E-state index contributed by atoms with van der Waals surface area (Å²) in [6.07, 6.45) is 9.25. The lowest BCUT2D eigenvalue weighted by atomic mass is 9.99. The van der Waals surface area contributed by atoms with Crippen LogP contribution in [0.1, 0.15) is 25.5 Å². The van der Waals surface area contributed by atoms with Crippen molar-refractivity contribution in [1.82, 2.24) is 19.7 Å². The highest BCUT2D eigenvalue weighted by atomic mass is 15.3. The van der Waals surface area contributed by atoms with Crippen molar-refractivity contribution >= 4 is 28.0 Å². The van der Waals surface area contributed by atoms with Crippen LogP contribution in [-0.4, -0.2) is 19.7 Å². The maximum atomic E-state index is 6.29. The van der Waals surface area contributed by atoms with Gasteiger partial charge in [0.15, 0.2) is 0 Å². The highest BCUT2D eigenvalue weighted by molar-refractivity contribution is 5.97. The Morgan fingerprint density at radius 3 is 2.70 bits per heavy atom. The number of nitrogen functional groups attached to an aromatic ring is 1. The molecule has 0 atom stereocenters. The van der Waals surface area contributed by atoms with Gasteiger partial charge in [-0.1, -0.05) is 0 Å². The lowest BCUT2D eigenvalue weighted by Crippen LogP contribution is -2.00. The summed E-state index contributed by atoms with van der Waals surface area (Å²) in [6.45, 7) is 6.26. The third-order valence-corrected chi connectivity index (χ3v) is 4.62. The monoisotopic (exact) mass is 358 g/mol. The van der Waals surface area contributed by atoms with Crippen LogP contribution in [0.3, 0.4) is 0 Å². The predicted octanol–water partition coefficient (Wildman–Crippen LogP) is 4.71. The van der Waals surface area contributed by atoms with Crippen molar-refractivity contribution < 1.29 is 0 Å². The van der Waals surface area contributed by atoms with Crippen molar-refractivity contribution in [2.24, 2.45) is 0 Å². The van der Waals surface area contributed by atoms with Crippen LogP contribution in [0.4, 0.5) is 17.2 Å². The van der Waals surface area contributed by atoms with Crippen LogP contribution in [0, 0.1) is 6.92 Å². The Bertz CT molecular complexity index is 1110. The molecule has 136 valence electrons. The van der Waals surface area contributed by atoms with E-state index in [0.717, 1.165) is 39.0 Å². The van der Waals surface area contributed by atoms with Crippen molar-refractivity contribution in [3.05, 3.63) is 60.8 Å². The third-order valence-electron chi connectivity index (χ3n) is 4.62. The van der Waals surface area contributed by atoms with Gasteiger partial charge in [-0.05, 0) is 61.5 Å². The summed E-state index contributed by atoms with van der Waals surface area (Å²) in [5.41, 5.74) is 11.2. The topological polar surface area (TPSA) is 81.7 Å². The van der Waals surface area contributed by atoms with E-state index in [-0.39, 0.29) is 0 Å². The molecule has 0 aliphatic heterocycles. The molecule has 0 unspecified atom stereocenters. The van der Waals surface area contributed by atoms with E-state index < -0.39 is 0 Å². The van der Waals surface area contributed by atoms with Gasteiger partial charge in [0.25, 0.3) is 0 Å². The molecule has 0 saturated heterocycles. The molecule has 3 aromatic heterocycles. The second kappa shape index (κ2) is 6.72. The number of anilines is 3. The number of hydrogen-bond acceptors (Lipinski definition) is 5. The summed E-state index contributed by atoms with van der Waals surface area (Å²) in [5.74, 6) is 0.755. The quantitative estimate of drug-likeness (QED) is 0.516. The number of nitrogens with one attached hydrogen (secondary N) is 1. The predicted molar refractivity (Wildman–Crippen MR) is 110 cm³/mol. The average molecular weight is 358 g/mol. The SMILES string of the molecule is Cc1ccncc1-c1cc(N)c2cnc(Nc3cnn(C(C)C)c3)cc2c1. The molecular formula is C21H22N6. The van der Waals surface area contributed by atoms with Crippen molar-refractivity contribution in [3.8, 4) is 11.1 Å². The summed E-state index contributed by atoms with van der Waals surface area (Å²) in [4.78, 5) is 8.74. The molecule has 0 fully saturated rings. The fraction of sp³-hybridized carbons (Fsp3) is 0.190. The molecular weight excluding hydrogens is 336 g/mol. The number of nitrogens with zero attached hydrogens (tertiary/aromatic N) is 4. The Morgan fingerprint density at radius 2 is 1.96 bits per heavy atom. The van der Waals surface area contributed by atoms with Gasteiger partial charge in [0.2, 0.25) is 0 Å². The smallest absolute Gasteiger partial charge is 0.131 e. The number of aromatic nitrogens is 4. The molecule has 4 rings (SSSR count). The fourth-order valence-electron chi connectivity index (χ4n) is 3.11. The lowest BCUT2D eigenvalue weighted by molar-refractivity contribution is 0.532. The number of nitrogens with two attached hydrogens (primary N) is 1. The van der Waals surface area contributed by atoms with Gasteiger partial charge < -0.3 is 11.1 Å². The molecule has 0 spiro atoms. The van der Waals surface area contributed by atoms with Crippen molar-refractivity contribution in [2.45, 2.75) is 26.8 Å². The van der Waals surface area contributed by atoms with Crippen molar-refractivity contribution in [2.75, 3.05) is 11.1 Å². The number of hydrogen-bond donors (Lipinski definition) is 2. The first-order valence-electron chi connectivity index (χ1n) is 8.92. The van der Waals surface area contributed by atoms with Gasteiger partial charge in [0, 0.05) is 47.5 Å². The summed E-state index contributed by atoms with van der Waals surface area (Å²) >= 11 is 0. The molecule has 0 radical (unpaired) electrons. The Labute approximate surface area is 158 Å². The zero-order valence-electron chi connectivity index (χ0n) is 15.6. The first-order chi connectivity index (χ1) is 13.0. The van der Waals surface area contributed by atoms with Crippen LogP contribution in [-0.2, 0) is 0 Å². The minimum absolute atomic E-state index is 0.315. The second-order valence-corrected chi connectivity index (χ2v) is 6.97. The highest BCUT2D eigenvalue weighted by Crippen LogP contribution is 2.31. The van der Waals surface area contributed by atoms with Gasteiger partial charge in [-0.3, -0.25) is 9.67 Å². The summed E-state index contributed by atoms with van der Waals surface area (Å²) in [5, 5.41) is 9.63. The molecule has 6 heteroatoms. The summed E-state index contributed by atoms with van der Waals surface area (Å²) < 4.78 is 1.91. The van der Waals surface area contributed by atoms with E-state index in [1.54, 1.807) is 18.6 Å². The summed E-state index contributed by atoms with van der Waals surface area (Å²) in [6, 6.07) is 8.43. The van der Waals surface area contributed by atoms with Crippen LogP contribution in [0.25, 0.3) is 21.9 Å². The molecule has 1 aromatic carbocycles. The van der Waals surface area contributed by atoms with E-state index in [0.29, 0.717) is 11.7 Å². The Hall–Kier alpha value is -3.41. The fourth-order valence-corrected chi connectivity index (χ4v) is 3.11. The van der Waals surface area contributed by atoms with Crippen LogP contribution >= 0.6 is 0 Å². The van der Waals surface area contributed by atoms with Crippen LogP contribution in [0.2, 0.25) is 0 Å². The number of aryl methyl sites for hydroxylation is 1. The Kier molecular flexibility index (Phi) is 4.24. The minimum Gasteiger partial charge on any atom is -0.398 e. The first-order valence-corrected chi connectivity index (χ1v) is 8.92. The molecule has 6 nitrogen and oxygen atoms in total. The van der Waals surface area contributed by atoms with Crippen molar-refractivity contribution in [3.63, 3.8) is 0 Å². The van der Waals surface area contributed by atoms with Crippen LogP contribution in [0.5, 0.6) is 0 Å². The number of fused-ring (bicyclic) bond motifs is 1. The number of rotatable bonds is 4. The van der Waals surface area contributed by atoms with Gasteiger partial charge >= 0.3 is 0 Å².